The predicted octanol–water partition coefficient (Wildman–Crippen LogP) is 1.74. The first-order valence-electron chi connectivity index (χ1n) is 14.6. The van der Waals surface area contributed by atoms with Crippen molar-refractivity contribution >= 4 is 29.4 Å². The largest absolute Gasteiger partial charge is 0.356 e. The molecule has 39 heavy (non-hydrogen) atoms. The Bertz CT molecular complexity index is 1190. The fraction of sp³-hybridized carbons (Fsp3) is 0.633. The van der Waals surface area contributed by atoms with Crippen molar-refractivity contribution in [1.82, 2.24) is 20.9 Å². The van der Waals surface area contributed by atoms with Crippen LogP contribution in [0.4, 0.5) is 0 Å². The van der Waals surface area contributed by atoms with Gasteiger partial charge in [-0.3, -0.25) is 24.0 Å². The SMILES string of the molecule is O=C(NC1CC1)C(=O)[C@H](C[C@@H]1CCNC1=O)NC(=O)[C@@H]1CC2(CCN1C(=O)[C@@H]1CCCc3ccccc31)CC2. The molecule has 4 amide bonds. The van der Waals surface area contributed by atoms with Crippen LogP contribution in [0.25, 0.3) is 0 Å². The molecule has 2 heterocycles. The van der Waals surface area contributed by atoms with Crippen molar-refractivity contribution in [3.05, 3.63) is 35.4 Å². The molecule has 0 radical (unpaired) electrons. The lowest BCUT2D eigenvalue weighted by atomic mass is 9.80. The third kappa shape index (κ3) is 5.45. The molecule has 9 heteroatoms. The van der Waals surface area contributed by atoms with Gasteiger partial charge in [-0.25, -0.2) is 0 Å². The molecule has 208 valence electrons. The molecule has 0 unspecified atom stereocenters. The van der Waals surface area contributed by atoms with Crippen LogP contribution in [0.3, 0.4) is 0 Å². The number of likely N-dealkylation sites (tertiary alicyclic amines) is 1. The molecule has 6 rings (SSSR count). The van der Waals surface area contributed by atoms with Gasteiger partial charge in [0, 0.05) is 25.0 Å². The molecule has 1 aromatic rings. The number of nitrogens with one attached hydrogen (secondary N) is 3. The number of carbonyl (C=O) groups is 5. The maximum absolute atomic E-state index is 14.0. The van der Waals surface area contributed by atoms with E-state index in [1.54, 1.807) is 4.90 Å². The lowest BCUT2D eigenvalue weighted by Gasteiger charge is -2.41. The smallest absolute Gasteiger partial charge is 0.289 e. The zero-order valence-electron chi connectivity index (χ0n) is 22.4. The lowest BCUT2D eigenvalue weighted by molar-refractivity contribution is -0.147. The molecule has 3 N–H and O–H groups in total. The molecule has 1 spiro atoms. The van der Waals surface area contributed by atoms with E-state index in [-0.39, 0.29) is 35.6 Å². The molecule has 4 atom stereocenters. The summed E-state index contributed by atoms with van der Waals surface area (Å²) in [7, 11) is 0. The summed E-state index contributed by atoms with van der Waals surface area (Å²) in [6.07, 6.45) is 8.48. The van der Waals surface area contributed by atoms with Crippen LogP contribution < -0.4 is 16.0 Å². The van der Waals surface area contributed by atoms with Crippen molar-refractivity contribution < 1.29 is 24.0 Å². The third-order valence-electron chi connectivity index (χ3n) is 9.55. The minimum Gasteiger partial charge on any atom is -0.356 e. The first-order chi connectivity index (χ1) is 18.8. The van der Waals surface area contributed by atoms with Gasteiger partial charge in [-0.05, 0) is 87.2 Å². The topological polar surface area (TPSA) is 125 Å². The van der Waals surface area contributed by atoms with E-state index in [0.717, 1.165) is 56.9 Å². The Morgan fingerprint density at radius 1 is 1.05 bits per heavy atom. The Kier molecular flexibility index (Phi) is 6.93. The number of Topliss-reactive ketones (excluding diaryl/α,β-unsaturated/α-hetero) is 1. The first-order valence-corrected chi connectivity index (χ1v) is 14.6. The highest BCUT2D eigenvalue weighted by Gasteiger charge is 2.52. The Balaban J connectivity index is 1.22. The van der Waals surface area contributed by atoms with Crippen molar-refractivity contribution in [3.63, 3.8) is 0 Å². The van der Waals surface area contributed by atoms with Gasteiger partial charge >= 0.3 is 0 Å². The van der Waals surface area contributed by atoms with Crippen molar-refractivity contribution in [2.45, 2.75) is 94.7 Å². The average molecular weight is 535 g/mol. The van der Waals surface area contributed by atoms with E-state index in [2.05, 4.69) is 22.0 Å². The molecular weight excluding hydrogens is 496 g/mol. The van der Waals surface area contributed by atoms with Gasteiger partial charge in [-0.2, -0.15) is 0 Å². The van der Waals surface area contributed by atoms with Gasteiger partial charge in [-0.1, -0.05) is 24.3 Å². The molecule has 0 bridgehead atoms. The van der Waals surface area contributed by atoms with E-state index >= 15 is 0 Å². The summed E-state index contributed by atoms with van der Waals surface area (Å²) < 4.78 is 0. The maximum atomic E-state index is 14.0. The number of carbonyl (C=O) groups excluding carboxylic acids is 5. The fourth-order valence-electron chi connectivity index (χ4n) is 6.77. The summed E-state index contributed by atoms with van der Waals surface area (Å²) in [4.78, 5) is 67.8. The van der Waals surface area contributed by atoms with Gasteiger partial charge in [0.2, 0.25) is 23.5 Å². The van der Waals surface area contributed by atoms with E-state index in [1.807, 2.05) is 18.2 Å². The molecular formula is C30H38N4O5. The minimum atomic E-state index is -1.10. The summed E-state index contributed by atoms with van der Waals surface area (Å²) in [6, 6.07) is 6.28. The van der Waals surface area contributed by atoms with E-state index in [0.29, 0.717) is 25.9 Å². The lowest BCUT2D eigenvalue weighted by Crippen LogP contribution is -2.58. The zero-order valence-corrected chi connectivity index (χ0v) is 22.4. The van der Waals surface area contributed by atoms with Crippen LogP contribution in [0.1, 0.15) is 81.3 Å². The Morgan fingerprint density at radius 2 is 1.85 bits per heavy atom. The number of hydrogen-bond donors (Lipinski definition) is 3. The average Bonchev–Trinajstić information content (AvgIpc) is 3.87. The first kappa shape index (κ1) is 26.0. The zero-order chi connectivity index (χ0) is 27.1. The molecule has 1 aromatic carbocycles. The Labute approximate surface area is 228 Å². The number of benzene rings is 1. The number of amides is 4. The molecule has 9 nitrogen and oxygen atoms in total. The van der Waals surface area contributed by atoms with Crippen LogP contribution in [-0.2, 0) is 30.4 Å². The van der Waals surface area contributed by atoms with E-state index in [9.17, 15) is 24.0 Å². The van der Waals surface area contributed by atoms with Crippen molar-refractivity contribution in [3.8, 4) is 0 Å². The number of hydrogen-bond acceptors (Lipinski definition) is 5. The Morgan fingerprint density at radius 3 is 2.56 bits per heavy atom. The molecule has 4 fully saturated rings. The Hall–Kier alpha value is -3.23. The molecule has 2 saturated carbocycles. The minimum absolute atomic E-state index is 0.00661. The van der Waals surface area contributed by atoms with Crippen molar-refractivity contribution in [2.24, 2.45) is 11.3 Å². The number of fused-ring (bicyclic) bond motifs is 1. The highest BCUT2D eigenvalue weighted by molar-refractivity contribution is 6.38. The number of nitrogens with zero attached hydrogens (tertiary/aromatic N) is 1. The normalized spacial score (nSPS) is 27.7. The van der Waals surface area contributed by atoms with Crippen molar-refractivity contribution in [1.29, 1.82) is 0 Å². The van der Waals surface area contributed by atoms with Crippen LogP contribution in [0, 0.1) is 11.3 Å². The van der Waals surface area contributed by atoms with Gasteiger partial charge in [0.05, 0.1) is 12.0 Å². The fourth-order valence-corrected chi connectivity index (χ4v) is 6.77. The summed E-state index contributed by atoms with van der Waals surface area (Å²) in [5.74, 6) is -2.72. The standard InChI is InChI=1S/C30H38N4O5/c35-25(28(38)32-20-8-9-20)23(16-19-10-14-31-26(19)36)33-27(37)24-17-30(11-12-30)13-15-34(24)29(39)22-7-3-5-18-4-1-2-6-21(18)22/h1-2,4,6,19-20,22-24H,3,5,7-17H2,(H,31,36)(H,32,38)(H,33,37)/t19-,22+,23-,24-/m0/s1. The van der Waals surface area contributed by atoms with E-state index in [4.69, 9.17) is 0 Å². The van der Waals surface area contributed by atoms with Crippen LogP contribution in [-0.4, -0.2) is 65.5 Å². The van der Waals surface area contributed by atoms with E-state index < -0.39 is 35.6 Å². The van der Waals surface area contributed by atoms with Gasteiger partial charge in [0.15, 0.2) is 0 Å². The second-order valence-electron chi connectivity index (χ2n) is 12.3. The molecule has 2 saturated heterocycles. The quantitative estimate of drug-likeness (QED) is 0.438. The van der Waals surface area contributed by atoms with Crippen LogP contribution in [0.2, 0.25) is 0 Å². The third-order valence-corrected chi connectivity index (χ3v) is 9.55. The molecule has 3 aliphatic carbocycles. The number of rotatable bonds is 8. The summed E-state index contributed by atoms with van der Waals surface area (Å²) >= 11 is 0. The van der Waals surface area contributed by atoms with Crippen LogP contribution in [0.5, 0.6) is 0 Å². The van der Waals surface area contributed by atoms with Gasteiger partial charge < -0.3 is 20.9 Å². The summed E-state index contributed by atoms with van der Waals surface area (Å²) in [6.45, 7) is 1.03. The summed E-state index contributed by atoms with van der Waals surface area (Å²) in [5, 5.41) is 8.35. The maximum Gasteiger partial charge on any atom is 0.289 e. The van der Waals surface area contributed by atoms with Gasteiger partial charge in [0.1, 0.15) is 6.04 Å². The number of piperidine rings is 1. The van der Waals surface area contributed by atoms with Gasteiger partial charge in [0.25, 0.3) is 5.91 Å². The monoisotopic (exact) mass is 534 g/mol. The predicted molar refractivity (Wildman–Crippen MR) is 142 cm³/mol. The number of aryl methyl sites for hydroxylation is 1. The van der Waals surface area contributed by atoms with Crippen molar-refractivity contribution in [2.75, 3.05) is 13.1 Å². The number of ketones is 1. The molecule has 0 aromatic heterocycles. The van der Waals surface area contributed by atoms with Crippen LogP contribution >= 0.6 is 0 Å². The second-order valence-corrected chi connectivity index (χ2v) is 12.3. The second kappa shape index (κ2) is 10.4. The molecule has 2 aliphatic heterocycles. The highest BCUT2D eigenvalue weighted by Crippen LogP contribution is 2.55. The molecule has 5 aliphatic rings. The van der Waals surface area contributed by atoms with Gasteiger partial charge in [-0.15, -0.1) is 0 Å². The van der Waals surface area contributed by atoms with Crippen LogP contribution in [0.15, 0.2) is 24.3 Å². The van der Waals surface area contributed by atoms with E-state index in [1.165, 1.54) is 5.56 Å². The highest BCUT2D eigenvalue weighted by atomic mass is 16.2. The summed E-state index contributed by atoms with van der Waals surface area (Å²) in [5.41, 5.74) is 2.33.